The summed E-state index contributed by atoms with van der Waals surface area (Å²) in [5.41, 5.74) is 1.13. The largest absolute Gasteiger partial charge is 0.348 e. The van der Waals surface area contributed by atoms with Crippen molar-refractivity contribution < 1.29 is 4.79 Å². The quantitative estimate of drug-likeness (QED) is 0.897. The zero-order valence-electron chi connectivity index (χ0n) is 13.1. The van der Waals surface area contributed by atoms with Crippen LogP contribution in [0, 0.1) is 11.8 Å². The van der Waals surface area contributed by atoms with Gasteiger partial charge in [0.15, 0.2) is 0 Å². The fourth-order valence-electron chi connectivity index (χ4n) is 3.25. The molecule has 0 aromatic heterocycles. The van der Waals surface area contributed by atoms with Crippen LogP contribution in [-0.2, 0) is 4.79 Å². The molecule has 0 spiro atoms. The van der Waals surface area contributed by atoms with E-state index in [-0.39, 0.29) is 11.9 Å². The van der Waals surface area contributed by atoms with Crippen molar-refractivity contribution in [2.45, 2.75) is 33.2 Å². The van der Waals surface area contributed by atoms with Gasteiger partial charge in [0.05, 0.1) is 12.6 Å². The van der Waals surface area contributed by atoms with E-state index in [0.717, 1.165) is 23.1 Å². The van der Waals surface area contributed by atoms with Crippen molar-refractivity contribution in [1.29, 1.82) is 0 Å². The van der Waals surface area contributed by atoms with Crippen molar-refractivity contribution in [3.8, 4) is 0 Å². The number of likely N-dealkylation sites (tertiary alicyclic amines) is 1. The third kappa shape index (κ3) is 5.11. The van der Waals surface area contributed by atoms with Gasteiger partial charge in [0, 0.05) is 17.6 Å². The van der Waals surface area contributed by atoms with Gasteiger partial charge in [0.2, 0.25) is 5.91 Å². The number of halogens is 1. The van der Waals surface area contributed by atoms with Crippen molar-refractivity contribution in [1.82, 2.24) is 10.2 Å². The molecule has 1 heterocycles. The molecule has 3 atom stereocenters. The maximum Gasteiger partial charge on any atom is 0.234 e. The highest BCUT2D eigenvalue weighted by Crippen LogP contribution is 2.21. The number of nitrogens with zero attached hydrogens (tertiary/aromatic N) is 1. The predicted octanol–water partition coefficient (Wildman–Crippen LogP) is 3.60. The second kappa shape index (κ2) is 7.41. The maximum absolute atomic E-state index is 12.2. The molecule has 1 aromatic carbocycles. The Hall–Kier alpha value is -0.870. The van der Waals surface area contributed by atoms with E-state index < -0.39 is 0 Å². The molecule has 21 heavy (non-hydrogen) atoms. The molecule has 1 aliphatic rings. The molecule has 1 saturated heterocycles. The Morgan fingerprint density at radius 2 is 1.86 bits per heavy atom. The Bertz CT molecular complexity index is 464. The van der Waals surface area contributed by atoms with Crippen molar-refractivity contribution in [2.75, 3.05) is 19.6 Å². The van der Waals surface area contributed by atoms with E-state index in [1.54, 1.807) is 0 Å². The summed E-state index contributed by atoms with van der Waals surface area (Å²) in [5.74, 6) is 1.49. The molecule has 1 amide bonds. The predicted molar refractivity (Wildman–Crippen MR) is 90.1 cm³/mol. The highest BCUT2D eigenvalue weighted by Gasteiger charge is 2.23. The van der Waals surface area contributed by atoms with Gasteiger partial charge in [-0.15, -0.1) is 0 Å². The van der Waals surface area contributed by atoms with Crippen LogP contribution in [0.3, 0.4) is 0 Å². The SMILES string of the molecule is C[C@@H]1C[C@H](C)CN(CC(=O)N[C@@H](C)c2ccc(Br)cc2)C1. The van der Waals surface area contributed by atoms with Crippen molar-refractivity contribution in [3.63, 3.8) is 0 Å². The molecule has 3 nitrogen and oxygen atoms in total. The average molecular weight is 353 g/mol. The minimum absolute atomic E-state index is 0.0465. The molecule has 1 aliphatic heterocycles. The lowest BCUT2D eigenvalue weighted by Crippen LogP contribution is -2.44. The van der Waals surface area contributed by atoms with Crippen molar-refractivity contribution in [2.24, 2.45) is 11.8 Å². The van der Waals surface area contributed by atoms with E-state index >= 15 is 0 Å². The third-order valence-electron chi connectivity index (χ3n) is 4.06. The minimum atomic E-state index is 0.0465. The Balaban J connectivity index is 1.85. The van der Waals surface area contributed by atoms with Crippen LogP contribution in [0.4, 0.5) is 0 Å². The Morgan fingerprint density at radius 1 is 1.29 bits per heavy atom. The fourth-order valence-corrected chi connectivity index (χ4v) is 3.51. The van der Waals surface area contributed by atoms with Gasteiger partial charge in [-0.3, -0.25) is 9.69 Å². The second-order valence-electron chi connectivity index (χ2n) is 6.48. The molecule has 0 aliphatic carbocycles. The van der Waals surface area contributed by atoms with E-state index in [0.29, 0.717) is 18.4 Å². The summed E-state index contributed by atoms with van der Waals surface area (Å²) >= 11 is 3.43. The third-order valence-corrected chi connectivity index (χ3v) is 4.59. The van der Waals surface area contributed by atoms with Gasteiger partial charge in [0.1, 0.15) is 0 Å². The molecule has 0 unspecified atom stereocenters. The summed E-state index contributed by atoms with van der Waals surface area (Å²) < 4.78 is 1.06. The Labute approximate surface area is 136 Å². The number of rotatable bonds is 4. The molecule has 0 saturated carbocycles. The molecular weight excluding hydrogens is 328 g/mol. The molecule has 1 N–H and O–H groups in total. The van der Waals surface area contributed by atoms with Crippen molar-refractivity contribution >= 4 is 21.8 Å². The summed E-state index contributed by atoms with van der Waals surface area (Å²) in [6.45, 7) is 9.14. The Kier molecular flexibility index (Phi) is 5.82. The first kappa shape index (κ1) is 16.5. The van der Waals surface area contributed by atoms with Crippen LogP contribution in [0.15, 0.2) is 28.7 Å². The number of hydrogen-bond acceptors (Lipinski definition) is 2. The highest BCUT2D eigenvalue weighted by atomic mass is 79.9. The van der Waals surface area contributed by atoms with Gasteiger partial charge in [-0.25, -0.2) is 0 Å². The van der Waals surface area contributed by atoms with E-state index in [1.165, 1.54) is 6.42 Å². The van der Waals surface area contributed by atoms with E-state index in [2.05, 4.69) is 40.0 Å². The van der Waals surface area contributed by atoms with Crippen LogP contribution in [0.25, 0.3) is 0 Å². The number of piperidine rings is 1. The van der Waals surface area contributed by atoms with Crippen LogP contribution in [0.2, 0.25) is 0 Å². The summed E-state index contributed by atoms with van der Waals surface area (Å²) in [7, 11) is 0. The van der Waals surface area contributed by atoms with Crippen LogP contribution in [-0.4, -0.2) is 30.4 Å². The normalized spacial score (nSPS) is 24.6. The van der Waals surface area contributed by atoms with Gasteiger partial charge in [-0.1, -0.05) is 41.9 Å². The monoisotopic (exact) mass is 352 g/mol. The number of hydrogen-bond donors (Lipinski definition) is 1. The lowest BCUT2D eigenvalue weighted by molar-refractivity contribution is -0.123. The first-order valence-corrected chi connectivity index (χ1v) is 8.50. The highest BCUT2D eigenvalue weighted by molar-refractivity contribution is 9.10. The molecule has 0 bridgehead atoms. The summed E-state index contributed by atoms with van der Waals surface area (Å²) in [6.07, 6.45) is 1.27. The van der Waals surface area contributed by atoms with Crippen LogP contribution < -0.4 is 5.32 Å². The topological polar surface area (TPSA) is 32.3 Å². The lowest BCUT2D eigenvalue weighted by atomic mass is 9.92. The molecule has 0 radical (unpaired) electrons. The number of carbonyl (C=O) groups is 1. The summed E-state index contributed by atoms with van der Waals surface area (Å²) in [4.78, 5) is 14.5. The smallest absolute Gasteiger partial charge is 0.234 e. The number of benzene rings is 1. The number of carbonyl (C=O) groups excluding carboxylic acids is 1. The first-order chi connectivity index (χ1) is 9.94. The molecule has 4 heteroatoms. The van der Waals surface area contributed by atoms with Gasteiger partial charge < -0.3 is 5.32 Å². The molecule has 1 fully saturated rings. The number of nitrogens with one attached hydrogen (secondary N) is 1. The van der Waals surface area contributed by atoms with E-state index in [4.69, 9.17) is 0 Å². The van der Waals surface area contributed by atoms with Crippen molar-refractivity contribution in [3.05, 3.63) is 34.3 Å². The average Bonchev–Trinajstić information content (AvgIpc) is 2.37. The van der Waals surface area contributed by atoms with Crippen LogP contribution in [0.5, 0.6) is 0 Å². The van der Waals surface area contributed by atoms with E-state index in [9.17, 15) is 4.79 Å². The molecule has 2 rings (SSSR count). The second-order valence-corrected chi connectivity index (χ2v) is 7.40. The first-order valence-electron chi connectivity index (χ1n) is 7.71. The maximum atomic E-state index is 12.2. The van der Waals surface area contributed by atoms with Gasteiger partial charge >= 0.3 is 0 Å². The summed E-state index contributed by atoms with van der Waals surface area (Å²) in [6, 6.07) is 8.14. The standard InChI is InChI=1S/C17H25BrN2O/c1-12-8-13(2)10-20(9-12)11-17(21)19-14(3)15-4-6-16(18)7-5-15/h4-7,12-14H,8-11H2,1-3H3,(H,19,21)/t12-,13+,14-/m0/s1. The Morgan fingerprint density at radius 3 is 2.43 bits per heavy atom. The van der Waals surface area contributed by atoms with Gasteiger partial charge in [0.25, 0.3) is 0 Å². The van der Waals surface area contributed by atoms with Gasteiger partial charge in [-0.2, -0.15) is 0 Å². The lowest BCUT2D eigenvalue weighted by Gasteiger charge is -2.34. The minimum Gasteiger partial charge on any atom is -0.348 e. The zero-order valence-corrected chi connectivity index (χ0v) is 14.7. The van der Waals surface area contributed by atoms with Gasteiger partial charge in [-0.05, 0) is 42.9 Å². The molecular formula is C17H25BrN2O. The zero-order chi connectivity index (χ0) is 15.4. The van der Waals surface area contributed by atoms with Crippen LogP contribution >= 0.6 is 15.9 Å². The molecule has 116 valence electrons. The fraction of sp³-hybridized carbons (Fsp3) is 0.588. The number of amides is 1. The summed E-state index contributed by atoms with van der Waals surface area (Å²) in [5, 5.41) is 3.10. The molecule has 1 aromatic rings. The van der Waals surface area contributed by atoms with E-state index in [1.807, 2.05) is 31.2 Å². The van der Waals surface area contributed by atoms with Crippen LogP contribution in [0.1, 0.15) is 38.8 Å².